The third-order valence-corrected chi connectivity index (χ3v) is 5.70. The van der Waals surface area contributed by atoms with E-state index in [2.05, 4.69) is 20.8 Å². The number of carbonyl (C=O) groups is 1. The molecule has 0 bridgehead atoms. The van der Waals surface area contributed by atoms with E-state index < -0.39 is 0 Å². The summed E-state index contributed by atoms with van der Waals surface area (Å²) in [7, 11) is 0. The molecule has 3 unspecified atom stereocenters. The molecule has 0 aromatic heterocycles. The summed E-state index contributed by atoms with van der Waals surface area (Å²) < 4.78 is 0. The van der Waals surface area contributed by atoms with E-state index in [1.807, 2.05) is 0 Å². The lowest BCUT2D eigenvalue weighted by atomic mass is 9.59. The first-order chi connectivity index (χ1) is 7.59. The highest BCUT2D eigenvalue weighted by Crippen LogP contribution is 2.59. The quantitative estimate of drug-likeness (QED) is 0.658. The fraction of sp³-hybridized carbons (Fsp3) is 0.933. The Morgan fingerprint density at radius 2 is 2.12 bits per heavy atom. The van der Waals surface area contributed by atoms with Crippen molar-refractivity contribution in [2.45, 2.75) is 59.3 Å². The summed E-state index contributed by atoms with van der Waals surface area (Å²) in [5, 5.41) is 0. The Hall–Kier alpha value is -0.330. The summed E-state index contributed by atoms with van der Waals surface area (Å²) in [6.45, 7) is 7.23. The number of hydrogen-bond acceptors (Lipinski definition) is 1. The molecule has 5 atom stereocenters. The van der Waals surface area contributed by atoms with Crippen LogP contribution in [-0.4, -0.2) is 6.29 Å². The van der Waals surface area contributed by atoms with E-state index in [0.717, 1.165) is 30.5 Å². The first kappa shape index (κ1) is 12.1. The van der Waals surface area contributed by atoms with Crippen molar-refractivity contribution in [3.63, 3.8) is 0 Å². The highest BCUT2D eigenvalue weighted by Gasteiger charge is 2.51. The van der Waals surface area contributed by atoms with Gasteiger partial charge in [0.05, 0.1) is 0 Å². The number of rotatable bonds is 3. The summed E-state index contributed by atoms with van der Waals surface area (Å²) >= 11 is 0. The SMILES string of the molecule is CC1CCC[C@@]2(C)C1CCC2[C@@H](C)CC=O. The van der Waals surface area contributed by atoms with Gasteiger partial charge in [-0.1, -0.05) is 33.6 Å². The van der Waals surface area contributed by atoms with Crippen LogP contribution in [0.3, 0.4) is 0 Å². The predicted octanol–water partition coefficient (Wildman–Crippen LogP) is 4.06. The lowest BCUT2D eigenvalue weighted by molar-refractivity contribution is -0.109. The Labute approximate surface area is 100.0 Å². The van der Waals surface area contributed by atoms with Gasteiger partial charge in [0.15, 0.2) is 0 Å². The molecule has 2 saturated carbocycles. The van der Waals surface area contributed by atoms with Crippen LogP contribution in [0.1, 0.15) is 59.3 Å². The minimum Gasteiger partial charge on any atom is -0.303 e. The highest BCUT2D eigenvalue weighted by atomic mass is 16.1. The summed E-state index contributed by atoms with van der Waals surface area (Å²) in [5.41, 5.74) is 0.542. The average molecular weight is 222 g/mol. The van der Waals surface area contributed by atoms with E-state index in [1.165, 1.54) is 32.1 Å². The standard InChI is InChI=1S/C15H26O/c1-11-5-4-9-15(3)13(11)6-7-14(15)12(2)8-10-16/h10-14H,4-9H2,1-3H3/t11?,12-,13?,14?,15-/m0/s1. The van der Waals surface area contributed by atoms with Gasteiger partial charge in [0.25, 0.3) is 0 Å². The third kappa shape index (κ3) is 1.83. The van der Waals surface area contributed by atoms with Crippen molar-refractivity contribution in [2.75, 3.05) is 0 Å². The molecule has 0 N–H and O–H groups in total. The van der Waals surface area contributed by atoms with Crippen LogP contribution in [0.2, 0.25) is 0 Å². The molecule has 92 valence electrons. The van der Waals surface area contributed by atoms with Crippen LogP contribution >= 0.6 is 0 Å². The van der Waals surface area contributed by atoms with Crippen LogP contribution < -0.4 is 0 Å². The molecule has 0 heterocycles. The van der Waals surface area contributed by atoms with Crippen LogP contribution in [0.4, 0.5) is 0 Å². The zero-order valence-corrected chi connectivity index (χ0v) is 11.0. The fourth-order valence-electron chi connectivity index (χ4n) is 4.86. The third-order valence-electron chi connectivity index (χ3n) is 5.70. The Balaban J connectivity index is 2.14. The lowest BCUT2D eigenvalue weighted by Crippen LogP contribution is -2.38. The van der Waals surface area contributed by atoms with Crippen molar-refractivity contribution in [3.05, 3.63) is 0 Å². The highest BCUT2D eigenvalue weighted by molar-refractivity contribution is 5.49. The van der Waals surface area contributed by atoms with Crippen molar-refractivity contribution in [1.82, 2.24) is 0 Å². The second-order valence-corrected chi connectivity index (χ2v) is 6.55. The van der Waals surface area contributed by atoms with Crippen molar-refractivity contribution >= 4 is 6.29 Å². The molecular formula is C15H26O. The maximum Gasteiger partial charge on any atom is 0.120 e. The second-order valence-electron chi connectivity index (χ2n) is 6.55. The Morgan fingerprint density at radius 3 is 2.81 bits per heavy atom. The number of hydrogen-bond donors (Lipinski definition) is 0. The number of carbonyl (C=O) groups excluding carboxylic acids is 1. The van der Waals surface area contributed by atoms with Crippen molar-refractivity contribution in [1.29, 1.82) is 0 Å². The van der Waals surface area contributed by atoms with Gasteiger partial charge in [-0.3, -0.25) is 0 Å². The predicted molar refractivity (Wildman–Crippen MR) is 67.2 cm³/mol. The lowest BCUT2D eigenvalue weighted by Gasteiger charge is -2.45. The first-order valence-electron chi connectivity index (χ1n) is 7.03. The first-order valence-corrected chi connectivity index (χ1v) is 7.03. The number of aldehydes is 1. The smallest absolute Gasteiger partial charge is 0.120 e. The van der Waals surface area contributed by atoms with E-state index >= 15 is 0 Å². The molecule has 2 fully saturated rings. The van der Waals surface area contributed by atoms with Gasteiger partial charge in [-0.2, -0.15) is 0 Å². The molecule has 0 aromatic rings. The van der Waals surface area contributed by atoms with Gasteiger partial charge in [-0.05, 0) is 48.3 Å². The van der Waals surface area contributed by atoms with E-state index in [0.29, 0.717) is 11.3 Å². The Bertz CT molecular complexity index is 260. The van der Waals surface area contributed by atoms with Gasteiger partial charge in [0.2, 0.25) is 0 Å². The van der Waals surface area contributed by atoms with E-state index in [4.69, 9.17) is 0 Å². The molecule has 16 heavy (non-hydrogen) atoms. The molecule has 0 saturated heterocycles. The van der Waals surface area contributed by atoms with E-state index in [1.54, 1.807) is 0 Å². The zero-order chi connectivity index (χ0) is 11.8. The van der Waals surface area contributed by atoms with Gasteiger partial charge >= 0.3 is 0 Å². The Kier molecular flexibility index (Phi) is 3.42. The van der Waals surface area contributed by atoms with Crippen LogP contribution in [-0.2, 0) is 4.79 Å². The normalized spacial score (nSPS) is 45.1. The van der Waals surface area contributed by atoms with Crippen LogP contribution in [0, 0.1) is 29.1 Å². The molecule has 0 spiro atoms. The van der Waals surface area contributed by atoms with Crippen molar-refractivity contribution in [2.24, 2.45) is 29.1 Å². The van der Waals surface area contributed by atoms with Crippen molar-refractivity contribution < 1.29 is 4.79 Å². The van der Waals surface area contributed by atoms with Crippen LogP contribution in [0.25, 0.3) is 0 Å². The fourth-order valence-corrected chi connectivity index (χ4v) is 4.86. The minimum atomic E-state index is 0.542. The van der Waals surface area contributed by atoms with Gasteiger partial charge < -0.3 is 4.79 Å². The average Bonchev–Trinajstić information content (AvgIpc) is 2.57. The minimum absolute atomic E-state index is 0.542. The molecule has 2 rings (SSSR count). The topological polar surface area (TPSA) is 17.1 Å². The van der Waals surface area contributed by atoms with E-state index in [9.17, 15) is 4.79 Å². The largest absolute Gasteiger partial charge is 0.303 e. The zero-order valence-electron chi connectivity index (χ0n) is 11.0. The molecule has 1 heteroatoms. The maximum atomic E-state index is 10.7. The molecule has 0 aromatic carbocycles. The monoisotopic (exact) mass is 222 g/mol. The molecular weight excluding hydrogens is 196 g/mol. The van der Waals surface area contributed by atoms with E-state index in [-0.39, 0.29) is 0 Å². The maximum absolute atomic E-state index is 10.7. The Morgan fingerprint density at radius 1 is 1.38 bits per heavy atom. The van der Waals surface area contributed by atoms with Crippen molar-refractivity contribution in [3.8, 4) is 0 Å². The summed E-state index contributed by atoms with van der Waals surface area (Å²) in [6.07, 6.45) is 8.88. The number of fused-ring (bicyclic) bond motifs is 1. The van der Waals surface area contributed by atoms with Gasteiger partial charge in [-0.25, -0.2) is 0 Å². The second kappa shape index (κ2) is 4.50. The van der Waals surface area contributed by atoms with Crippen LogP contribution in [0.5, 0.6) is 0 Å². The van der Waals surface area contributed by atoms with Gasteiger partial charge in [0.1, 0.15) is 6.29 Å². The van der Waals surface area contributed by atoms with Crippen LogP contribution in [0.15, 0.2) is 0 Å². The van der Waals surface area contributed by atoms with Gasteiger partial charge in [0, 0.05) is 6.42 Å². The molecule has 0 amide bonds. The van der Waals surface area contributed by atoms with Gasteiger partial charge in [-0.15, -0.1) is 0 Å². The molecule has 0 radical (unpaired) electrons. The summed E-state index contributed by atoms with van der Waals surface area (Å²) in [5.74, 6) is 3.23. The summed E-state index contributed by atoms with van der Waals surface area (Å²) in [4.78, 5) is 10.7. The molecule has 1 nitrogen and oxygen atoms in total. The molecule has 2 aliphatic carbocycles. The summed E-state index contributed by atoms with van der Waals surface area (Å²) in [6, 6.07) is 0. The molecule has 0 aliphatic heterocycles. The molecule has 2 aliphatic rings.